The van der Waals surface area contributed by atoms with E-state index >= 15 is 0 Å². The second-order valence-electron chi connectivity index (χ2n) is 10.6. The Bertz CT molecular complexity index is 1370. The highest BCUT2D eigenvalue weighted by Gasteiger charge is 2.47. The summed E-state index contributed by atoms with van der Waals surface area (Å²) in [6, 6.07) is 13.1. The summed E-state index contributed by atoms with van der Waals surface area (Å²) in [6.45, 7) is 2.57. The molecule has 1 aromatic heterocycles. The van der Waals surface area contributed by atoms with Crippen LogP contribution in [0.1, 0.15) is 60.1 Å². The summed E-state index contributed by atoms with van der Waals surface area (Å²) in [5, 5.41) is 14.9. The molecule has 2 aromatic carbocycles. The fraction of sp³-hybridized carbons (Fsp3) is 0.400. The van der Waals surface area contributed by atoms with Crippen molar-refractivity contribution in [3.8, 4) is 28.5 Å². The van der Waals surface area contributed by atoms with Crippen LogP contribution in [-0.4, -0.2) is 42.4 Å². The lowest BCUT2D eigenvalue weighted by Gasteiger charge is -2.29. The lowest BCUT2D eigenvalue weighted by atomic mass is 9.89. The molecule has 3 aliphatic rings. The number of halogens is 1. The number of aromatic nitrogens is 1. The number of pyridine rings is 1. The molecule has 7 nitrogen and oxygen atoms in total. The van der Waals surface area contributed by atoms with Gasteiger partial charge in [0.2, 0.25) is 0 Å². The van der Waals surface area contributed by atoms with Crippen LogP contribution in [0.15, 0.2) is 48.5 Å². The number of carbonyl (C=O) groups excluding carboxylic acids is 1. The standard InChI is InChI=1S/C30H31FN2O5/c1-17-15-37-28-23(17)14-26(33-27(28)18-3-8-21(31)9-4-18)30(35,20-6-7-20)16-32-29(34)19-5-12-24(25(13-19)36-2)38-22-10-11-22/h3-5,8-9,12-14,17,20,22,35H,6-7,10-11,15-16H2,1-2H3,(H,32,34)/t17-,30-/m1/s1. The molecule has 6 rings (SSSR count). The van der Waals surface area contributed by atoms with E-state index in [4.69, 9.17) is 19.2 Å². The first-order valence-corrected chi connectivity index (χ1v) is 13.1. The van der Waals surface area contributed by atoms with Crippen molar-refractivity contribution in [3.63, 3.8) is 0 Å². The molecule has 1 amide bonds. The van der Waals surface area contributed by atoms with Gasteiger partial charge in [0.15, 0.2) is 11.5 Å². The largest absolute Gasteiger partial charge is 0.493 e. The number of nitrogens with one attached hydrogen (secondary N) is 1. The fourth-order valence-corrected chi connectivity index (χ4v) is 4.99. The van der Waals surface area contributed by atoms with Crippen LogP contribution in [0.2, 0.25) is 0 Å². The summed E-state index contributed by atoms with van der Waals surface area (Å²) in [4.78, 5) is 18.0. The highest BCUT2D eigenvalue weighted by Crippen LogP contribution is 2.48. The zero-order chi connectivity index (χ0) is 26.4. The van der Waals surface area contributed by atoms with Gasteiger partial charge in [0.05, 0.1) is 32.1 Å². The smallest absolute Gasteiger partial charge is 0.251 e. The second-order valence-corrected chi connectivity index (χ2v) is 10.6. The van der Waals surface area contributed by atoms with Crippen molar-refractivity contribution in [3.05, 3.63) is 71.2 Å². The lowest BCUT2D eigenvalue weighted by molar-refractivity contribution is 0.00949. The normalized spacial score (nSPS) is 19.7. The van der Waals surface area contributed by atoms with Gasteiger partial charge in [-0.1, -0.05) is 6.92 Å². The van der Waals surface area contributed by atoms with Gasteiger partial charge in [0, 0.05) is 22.6 Å². The third kappa shape index (κ3) is 4.69. The summed E-state index contributed by atoms with van der Waals surface area (Å²) in [7, 11) is 1.55. The highest BCUT2D eigenvalue weighted by atomic mass is 19.1. The maximum Gasteiger partial charge on any atom is 0.251 e. The minimum absolute atomic E-state index is 0.00300. The van der Waals surface area contributed by atoms with Crippen molar-refractivity contribution in [2.45, 2.75) is 50.2 Å². The van der Waals surface area contributed by atoms with Crippen LogP contribution < -0.4 is 19.5 Å². The van der Waals surface area contributed by atoms with Gasteiger partial charge in [-0.2, -0.15) is 0 Å². The molecule has 198 valence electrons. The number of ether oxygens (including phenoxy) is 3. The summed E-state index contributed by atoms with van der Waals surface area (Å²) in [6.07, 6.45) is 3.93. The molecule has 0 radical (unpaired) electrons. The van der Waals surface area contributed by atoms with Crippen LogP contribution >= 0.6 is 0 Å². The monoisotopic (exact) mass is 518 g/mol. The summed E-state index contributed by atoms with van der Waals surface area (Å²) < 4.78 is 30.9. The minimum atomic E-state index is -1.36. The molecule has 2 aliphatic carbocycles. The van der Waals surface area contributed by atoms with E-state index in [9.17, 15) is 14.3 Å². The molecular weight excluding hydrogens is 487 g/mol. The maximum atomic E-state index is 13.6. The number of amides is 1. The van der Waals surface area contributed by atoms with E-state index in [1.54, 1.807) is 37.4 Å². The molecule has 1 aliphatic heterocycles. The number of rotatable bonds is 9. The van der Waals surface area contributed by atoms with Gasteiger partial charge in [0.1, 0.15) is 22.9 Å². The molecule has 38 heavy (non-hydrogen) atoms. The Labute approximate surface area is 221 Å². The molecule has 0 bridgehead atoms. The molecule has 2 atom stereocenters. The lowest BCUT2D eigenvalue weighted by Crippen LogP contribution is -2.43. The van der Waals surface area contributed by atoms with Crippen LogP contribution in [0.4, 0.5) is 4.39 Å². The molecule has 2 N–H and O–H groups in total. The number of hydrogen-bond donors (Lipinski definition) is 2. The van der Waals surface area contributed by atoms with Gasteiger partial charge in [-0.25, -0.2) is 9.37 Å². The van der Waals surface area contributed by atoms with Crippen molar-refractivity contribution < 1.29 is 28.5 Å². The van der Waals surface area contributed by atoms with Crippen LogP contribution in [0, 0.1) is 11.7 Å². The Balaban J connectivity index is 1.29. The molecule has 2 heterocycles. The van der Waals surface area contributed by atoms with Crippen LogP contribution in [0.5, 0.6) is 17.2 Å². The van der Waals surface area contributed by atoms with Crippen molar-refractivity contribution in [1.29, 1.82) is 0 Å². The Morgan fingerprint density at radius 3 is 2.58 bits per heavy atom. The molecule has 2 saturated carbocycles. The second kappa shape index (κ2) is 9.58. The van der Waals surface area contributed by atoms with E-state index in [1.165, 1.54) is 12.1 Å². The van der Waals surface area contributed by atoms with E-state index in [0.717, 1.165) is 31.2 Å². The molecule has 3 aromatic rings. The van der Waals surface area contributed by atoms with Crippen LogP contribution in [0.25, 0.3) is 11.3 Å². The predicted molar refractivity (Wildman–Crippen MR) is 139 cm³/mol. The third-order valence-electron chi connectivity index (χ3n) is 7.59. The van der Waals surface area contributed by atoms with Gasteiger partial charge in [-0.15, -0.1) is 0 Å². The maximum absolute atomic E-state index is 13.6. The Morgan fingerprint density at radius 1 is 1.13 bits per heavy atom. The first-order valence-electron chi connectivity index (χ1n) is 13.1. The summed E-state index contributed by atoms with van der Waals surface area (Å²) in [5.41, 5.74) is 1.78. The Hall–Kier alpha value is -3.65. The first-order chi connectivity index (χ1) is 18.4. The quantitative estimate of drug-likeness (QED) is 0.416. The third-order valence-corrected chi connectivity index (χ3v) is 7.59. The zero-order valence-electron chi connectivity index (χ0n) is 21.5. The van der Waals surface area contributed by atoms with E-state index in [-0.39, 0.29) is 36.2 Å². The highest BCUT2D eigenvalue weighted by molar-refractivity contribution is 5.95. The summed E-state index contributed by atoms with van der Waals surface area (Å²) >= 11 is 0. The topological polar surface area (TPSA) is 89.9 Å². The fourth-order valence-electron chi connectivity index (χ4n) is 4.99. The average Bonchev–Trinajstić information content (AvgIpc) is 3.86. The molecule has 0 saturated heterocycles. The van der Waals surface area contributed by atoms with E-state index in [0.29, 0.717) is 46.4 Å². The number of nitrogens with zero attached hydrogens (tertiary/aromatic N) is 1. The Kier molecular flexibility index (Phi) is 6.22. The SMILES string of the molecule is COc1cc(C(=O)NC[C@](O)(c2cc3c(c(-c4ccc(F)cc4)n2)OC[C@H]3C)C2CC2)ccc1OC1CC1. The van der Waals surface area contributed by atoms with Crippen LogP contribution in [0.3, 0.4) is 0 Å². The number of hydrogen-bond acceptors (Lipinski definition) is 6. The summed E-state index contributed by atoms with van der Waals surface area (Å²) in [5.74, 6) is 1.21. The molecule has 0 spiro atoms. The molecular formula is C30H31FN2O5. The predicted octanol–water partition coefficient (Wildman–Crippen LogP) is 4.96. The number of benzene rings is 2. The van der Waals surface area contributed by atoms with Gasteiger partial charge in [0.25, 0.3) is 5.91 Å². The van der Waals surface area contributed by atoms with Gasteiger partial charge >= 0.3 is 0 Å². The van der Waals surface area contributed by atoms with Gasteiger partial charge in [-0.05, 0) is 80.1 Å². The number of methoxy groups -OCH3 is 1. The van der Waals surface area contributed by atoms with Crippen molar-refractivity contribution >= 4 is 5.91 Å². The minimum Gasteiger partial charge on any atom is -0.493 e. The van der Waals surface area contributed by atoms with Crippen molar-refractivity contribution in [2.24, 2.45) is 5.92 Å². The average molecular weight is 519 g/mol. The molecule has 0 unspecified atom stereocenters. The Morgan fingerprint density at radius 2 is 1.89 bits per heavy atom. The van der Waals surface area contributed by atoms with Gasteiger partial charge in [-0.3, -0.25) is 4.79 Å². The van der Waals surface area contributed by atoms with E-state index < -0.39 is 5.60 Å². The van der Waals surface area contributed by atoms with Crippen molar-refractivity contribution in [1.82, 2.24) is 10.3 Å². The molecule has 8 heteroatoms. The van der Waals surface area contributed by atoms with E-state index in [2.05, 4.69) is 12.2 Å². The number of carbonyl (C=O) groups is 1. The van der Waals surface area contributed by atoms with Crippen LogP contribution in [-0.2, 0) is 5.60 Å². The van der Waals surface area contributed by atoms with Crippen molar-refractivity contribution in [2.75, 3.05) is 20.3 Å². The number of aliphatic hydroxyl groups is 1. The molecule has 2 fully saturated rings. The number of fused-ring (bicyclic) bond motifs is 1. The zero-order valence-corrected chi connectivity index (χ0v) is 21.5. The van der Waals surface area contributed by atoms with Gasteiger partial charge < -0.3 is 24.6 Å². The van der Waals surface area contributed by atoms with E-state index in [1.807, 2.05) is 6.07 Å². The first kappa shape index (κ1) is 24.7.